The van der Waals surface area contributed by atoms with Gasteiger partial charge < -0.3 is 0 Å². The summed E-state index contributed by atoms with van der Waals surface area (Å²) in [5.74, 6) is 0. The summed E-state index contributed by atoms with van der Waals surface area (Å²) in [4.78, 5) is 0. The van der Waals surface area contributed by atoms with E-state index in [1.165, 1.54) is 5.41 Å². The molecule has 0 radical (unpaired) electrons. The lowest BCUT2D eigenvalue weighted by Gasteiger charge is -2.04. The molecule has 20 heavy (non-hydrogen) atoms. The third-order valence-corrected chi connectivity index (χ3v) is 3.84. The predicted octanol–water partition coefficient (Wildman–Crippen LogP) is 3.09. The van der Waals surface area contributed by atoms with Crippen LogP contribution in [-0.2, 0) is 16.6 Å². The van der Waals surface area contributed by atoms with E-state index in [-0.39, 0.29) is 0 Å². The summed E-state index contributed by atoms with van der Waals surface area (Å²) in [5, 5.41) is 1.19. The van der Waals surface area contributed by atoms with Gasteiger partial charge >= 0.3 is 0 Å². The SMILES string of the molecule is Cc1cccc(CNS(=O)(=O)/C=C/c2ccccc2)c1. The highest BCUT2D eigenvalue weighted by molar-refractivity contribution is 7.92. The summed E-state index contributed by atoms with van der Waals surface area (Å²) in [6, 6.07) is 17.1. The maximum absolute atomic E-state index is 11.9. The van der Waals surface area contributed by atoms with E-state index in [4.69, 9.17) is 0 Å². The van der Waals surface area contributed by atoms with Crippen LogP contribution < -0.4 is 4.72 Å². The van der Waals surface area contributed by atoms with Crippen molar-refractivity contribution in [3.8, 4) is 0 Å². The molecule has 0 fully saturated rings. The average Bonchev–Trinajstić information content (AvgIpc) is 2.45. The zero-order valence-electron chi connectivity index (χ0n) is 11.3. The number of sulfonamides is 1. The van der Waals surface area contributed by atoms with Gasteiger partial charge in [0.05, 0.1) is 0 Å². The number of rotatable bonds is 5. The molecule has 0 heterocycles. The number of aryl methyl sites for hydroxylation is 1. The van der Waals surface area contributed by atoms with Crippen molar-refractivity contribution in [2.24, 2.45) is 0 Å². The van der Waals surface area contributed by atoms with Gasteiger partial charge in [0.1, 0.15) is 0 Å². The summed E-state index contributed by atoms with van der Waals surface area (Å²) in [6.45, 7) is 2.27. The van der Waals surface area contributed by atoms with Gasteiger partial charge in [-0.1, -0.05) is 60.2 Å². The third-order valence-electron chi connectivity index (χ3n) is 2.80. The summed E-state index contributed by atoms with van der Waals surface area (Å²) in [6.07, 6.45) is 1.58. The van der Waals surface area contributed by atoms with Gasteiger partial charge in [0.2, 0.25) is 10.0 Å². The molecule has 2 aromatic rings. The van der Waals surface area contributed by atoms with Gasteiger partial charge in [0.25, 0.3) is 0 Å². The molecule has 1 N–H and O–H groups in total. The summed E-state index contributed by atoms with van der Waals surface area (Å²) >= 11 is 0. The van der Waals surface area contributed by atoms with E-state index in [2.05, 4.69) is 4.72 Å². The van der Waals surface area contributed by atoms with E-state index in [0.717, 1.165) is 16.7 Å². The van der Waals surface area contributed by atoms with Crippen LogP contribution in [0.3, 0.4) is 0 Å². The van der Waals surface area contributed by atoms with Crippen LogP contribution in [0.25, 0.3) is 6.08 Å². The van der Waals surface area contributed by atoms with E-state index in [1.807, 2.05) is 61.5 Å². The Hall–Kier alpha value is -1.91. The van der Waals surface area contributed by atoms with E-state index < -0.39 is 10.0 Å². The number of hydrogen-bond donors (Lipinski definition) is 1. The highest BCUT2D eigenvalue weighted by atomic mass is 32.2. The minimum Gasteiger partial charge on any atom is -0.208 e. The van der Waals surface area contributed by atoms with Crippen molar-refractivity contribution in [1.29, 1.82) is 0 Å². The first kappa shape index (κ1) is 14.5. The molecule has 2 aromatic carbocycles. The molecule has 0 saturated carbocycles. The van der Waals surface area contributed by atoms with E-state index in [1.54, 1.807) is 6.08 Å². The van der Waals surface area contributed by atoms with Gasteiger partial charge in [-0.3, -0.25) is 0 Å². The van der Waals surface area contributed by atoms with Crippen LogP contribution in [0.4, 0.5) is 0 Å². The van der Waals surface area contributed by atoms with Crippen LogP contribution in [0.15, 0.2) is 60.0 Å². The Morgan fingerprint density at radius 2 is 1.80 bits per heavy atom. The molecule has 0 spiro atoms. The molecule has 104 valence electrons. The lowest BCUT2D eigenvalue weighted by molar-refractivity contribution is 0.591. The van der Waals surface area contributed by atoms with Gasteiger partial charge in [0, 0.05) is 12.0 Å². The molecule has 2 rings (SSSR count). The van der Waals surface area contributed by atoms with Gasteiger partial charge in [-0.05, 0) is 24.1 Å². The largest absolute Gasteiger partial charge is 0.234 e. The zero-order valence-corrected chi connectivity index (χ0v) is 12.1. The Balaban J connectivity index is 1.99. The number of nitrogens with one attached hydrogen (secondary N) is 1. The van der Waals surface area contributed by atoms with Crippen LogP contribution in [0.1, 0.15) is 16.7 Å². The molecular weight excluding hydrogens is 270 g/mol. The normalized spacial score (nSPS) is 11.8. The van der Waals surface area contributed by atoms with E-state index in [9.17, 15) is 8.42 Å². The first-order valence-electron chi connectivity index (χ1n) is 6.33. The van der Waals surface area contributed by atoms with Crippen molar-refractivity contribution in [3.05, 3.63) is 76.7 Å². The van der Waals surface area contributed by atoms with Crippen molar-refractivity contribution >= 4 is 16.1 Å². The summed E-state index contributed by atoms with van der Waals surface area (Å²) in [5.41, 5.74) is 2.91. The first-order chi connectivity index (χ1) is 9.55. The quantitative estimate of drug-likeness (QED) is 0.918. The minimum absolute atomic E-state index is 0.295. The molecule has 0 aliphatic heterocycles. The van der Waals surface area contributed by atoms with Crippen molar-refractivity contribution in [2.75, 3.05) is 0 Å². The van der Waals surface area contributed by atoms with Crippen LogP contribution in [0.5, 0.6) is 0 Å². The second kappa shape index (κ2) is 6.50. The molecule has 3 nitrogen and oxygen atoms in total. The predicted molar refractivity (Wildman–Crippen MR) is 82.4 cm³/mol. The molecule has 0 aliphatic carbocycles. The van der Waals surface area contributed by atoms with Crippen LogP contribution in [0.2, 0.25) is 0 Å². The summed E-state index contributed by atoms with van der Waals surface area (Å²) < 4.78 is 26.3. The number of hydrogen-bond acceptors (Lipinski definition) is 2. The maximum Gasteiger partial charge on any atom is 0.234 e. The Labute approximate surface area is 120 Å². The lowest BCUT2D eigenvalue weighted by Crippen LogP contribution is -2.20. The summed E-state index contributed by atoms with van der Waals surface area (Å²) in [7, 11) is -3.42. The van der Waals surface area contributed by atoms with Crippen molar-refractivity contribution in [1.82, 2.24) is 4.72 Å². The Morgan fingerprint density at radius 1 is 1.05 bits per heavy atom. The van der Waals surface area contributed by atoms with E-state index in [0.29, 0.717) is 6.54 Å². The molecule has 0 aliphatic rings. The number of benzene rings is 2. The fraction of sp³-hybridized carbons (Fsp3) is 0.125. The highest BCUT2D eigenvalue weighted by Gasteiger charge is 2.04. The fourth-order valence-corrected chi connectivity index (χ4v) is 2.59. The second-order valence-corrected chi connectivity index (χ2v) is 6.22. The van der Waals surface area contributed by atoms with Gasteiger partial charge in [-0.15, -0.1) is 0 Å². The molecule has 0 saturated heterocycles. The topological polar surface area (TPSA) is 46.2 Å². The minimum atomic E-state index is -3.42. The van der Waals surface area contributed by atoms with Crippen LogP contribution in [-0.4, -0.2) is 8.42 Å². The Morgan fingerprint density at radius 3 is 2.50 bits per heavy atom. The molecule has 0 atom stereocenters. The Kier molecular flexibility index (Phi) is 4.71. The van der Waals surface area contributed by atoms with Crippen LogP contribution >= 0.6 is 0 Å². The van der Waals surface area contributed by atoms with Crippen LogP contribution in [0, 0.1) is 6.92 Å². The van der Waals surface area contributed by atoms with Crippen molar-refractivity contribution < 1.29 is 8.42 Å². The van der Waals surface area contributed by atoms with Gasteiger partial charge in [-0.25, -0.2) is 13.1 Å². The fourth-order valence-electron chi connectivity index (χ4n) is 1.79. The van der Waals surface area contributed by atoms with Crippen molar-refractivity contribution in [3.63, 3.8) is 0 Å². The van der Waals surface area contributed by atoms with Gasteiger partial charge in [0.15, 0.2) is 0 Å². The molecular formula is C16H17NO2S. The standard InChI is InChI=1S/C16H17NO2S/c1-14-6-5-9-16(12-14)13-17-20(18,19)11-10-15-7-3-2-4-8-15/h2-12,17H,13H2,1H3/b11-10+. The van der Waals surface area contributed by atoms with Crippen molar-refractivity contribution in [2.45, 2.75) is 13.5 Å². The smallest absolute Gasteiger partial charge is 0.208 e. The first-order valence-corrected chi connectivity index (χ1v) is 7.88. The van der Waals surface area contributed by atoms with Gasteiger partial charge in [-0.2, -0.15) is 0 Å². The maximum atomic E-state index is 11.9. The average molecular weight is 287 g/mol. The molecule has 0 aromatic heterocycles. The zero-order chi connectivity index (χ0) is 14.4. The second-order valence-electron chi connectivity index (χ2n) is 4.57. The monoisotopic (exact) mass is 287 g/mol. The molecule has 4 heteroatoms. The Bertz CT molecular complexity index is 691. The molecule has 0 bridgehead atoms. The molecule has 0 unspecified atom stereocenters. The van der Waals surface area contributed by atoms with E-state index >= 15 is 0 Å². The molecule has 0 amide bonds. The lowest BCUT2D eigenvalue weighted by atomic mass is 10.1. The highest BCUT2D eigenvalue weighted by Crippen LogP contribution is 2.06. The third kappa shape index (κ3) is 4.64.